The van der Waals surface area contributed by atoms with E-state index in [0.29, 0.717) is 12.0 Å². The molecule has 0 saturated heterocycles. The van der Waals surface area contributed by atoms with Crippen LogP contribution in [0.2, 0.25) is 0 Å². The maximum absolute atomic E-state index is 11.2. The predicted octanol–water partition coefficient (Wildman–Crippen LogP) is 4.25. The lowest BCUT2D eigenvalue weighted by atomic mass is 10.1. The van der Waals surface area contributed by atoms with Crippen molar-refractivity contribution in [3.63, 3.8) is 0 Å². The van der Waals surface area contributed by atoms with E-state index < -0.39 is 5.91 Å². The van der Waals surface area contributed by atoms with E-state index in [1.54, 1.807) is 23.9 Å². The van der Waals surface area contributed by atoms with Gasteiger partial charge in [-0.2, -0.15) is 0 Å². The number of nitrogens with zero attached hydrogens (tertiary/aromatic N) is 3. The lowest BCUT2D eigenvalue weighted by Crippen LogP contribution is -2.10. The molecule has 0 saturated carbocycles. The van der Waals surface area contributed by atoms with Gasteiger partial charge in [-0.1, -0.05) is 72.4 Å². The molecule has 1 heterocycles. The van der Waals surface area contributed by atoms with Crippen LogP contribution in [0.4, 0.5) is 0 Å². The smallest absolute Gasteiger partial charge is 0.248 e. The van der Waals surface area contributed by atoms with Gasteiger partial charge in [0.05, 0.1) is 0 Å². The first-order valence-electron chi connectivity index (χ1n) is 9.26. The van der Waals surface area contributed by atoms with Crippen molar-refractivity contribution in [3.8, 4) is 5.69 Å². The number of rotatable bonds is 7. The second-order valence-corrected chi connectivity index (χ2v) is 7.52. The van der Waals surface area contributed by atoms with Crippen molar-refractivity contribution in [3.05, 3.63) is 107 Å². The normalized spacial score (nSPS) is 10.8. The second-order valence-electron chi connectivity index (χ2n) is 6.58. The molecule has 0 bridgehead atoms. The Balaban J connectivity index is 1.60. The topological polar surface area (TPSA) is 73.8 Å². The number of thioether (sulfide) groups is 1. The SMILES string of the molecule is NC(=O)c1ccc(CSc2nnc(Cc3ccccc3)n2-c2ccccc2)cc1. The molecule has 0 atom stereocenters. The van der Waals surface area contributed by atoms with E-state index in [1.807, 2.05) is 48.5 Å². The van der Waals surface area contributed by atoms with Gasteiger partial charge in [-0.3, -0.25) is 9.36 Å². The van der Waals surface area contributed by atoms with Gasteiger partial charge in [0.1, 0.15) is 5.82 Å². The monoisotopic (exact) mass is 400 g/mol. The number of hydrogen-bond acceptors (Lipinski definition) is 4. The molecule has 0 aliphatic heterocycles. The average molecular weight is 401 g/mol. The van der Waals surface area contributed by atoms with Crippen LogP contribution in [0.1, 0.15) is 27.3 Å². The molecule has 2 N–H and O–H groups in total. The highest BCUT2D eigenvalue weighted by molar-refractivity contribution is 7.98. The van der Waals surface area contributed by atoms with Crippen LogP contribution in [0.15, 0.2) is 90.1 Å². The van der Waals surface area contributed by atoms with Gasteiger partial charge < -0.3 is 5.73 Å². The zero-order valence-electron chi connectivity index (χ0n) is 15.7. The molecule has 4 rings (SSSR count). The van der Waals surface area contributed by atoms with Gasteiger partial charge in [0, 0.05) is 23.4 Å². The largest absolute Gasteiger partial charge is 0.366 e. The second kappa shape index (κ2) is 8.75. The molecule has 0 aliphatic rings. The van der Waals surface area contributed by atoms with E-state index in [9.17, 15) is 4.79 Å². The first-order chi connectivity index (χ1) is 14.2. The van der Waals surface area contributed by atoms with Crippen molar-refractivity contribution in [2.75, 3.05) is 0 Å². The Hall–Kier alpha value is -3.38. The van der Waals surface area contributed by atoms with Gasteiger partial charge in [0.2, 0.25) is 5.91 Å². The number of carbonyl (C=O) groups is 1. The highest BCUT2D eigenvalue weighted by Gasteiger charge is 2.15. The van der Waals surface area contributed by atoms with Gasteiger partial charge in [0.25, 0.3) is 0 Å². The summed E-state index contributed by atoms with van der Waals surface area (Å²) in [6.07, 6.45) is 0.705. The van der Waals surface area contributed by atoms with E-state index in [2.05, 4.69) is 39.0 Å². The minimum atomic E-state index is -0.418. The van der Waals surface area contributed by atoms with E-state index in [-0.39, 0.29) is 0 Å². The molecule has 0 unspecified atom stereocenters. The number of carbonyl (C=O) groups excluding carboxylic acids is 1. The molecule has 0 spiro atoms. The maximum atomic E-state index is 11.2. The van der Waals surface area contributed by atoms with Crippen molar-refractivity contribution < 1.29 is 4.79 Å². The van der Waals surface area contributed by atoms with E-state index in [0.717, 1.165) is 28.0 Å². The fraction of sp³-hybridized carbons (Fsp3) is 0.0870. The summed E-state index contributed by atoms with van der Waals surface area (Å²) in [5.41, 5.74) is 9.14. The predicted molar refractivity (Wildman–Crippen MR) is 115 cm³/mol. The fourth-order valence-corrected chi connectivity index (χ4v) is 3.96. The lowest BCUT2D eigenvalue weighted by Gasteiger charge is -2.10. The van der Waals surface area contributed by atoms with E-state index in [4.69, 9.17) is 5.73 Å². The Morgan fingerprint density at radius 2 is 1.48 bits per heavy atom. The van der Waals surface area contributed by atoms with Gasteiger partial charge >= 0.3 is 0 Å². The number of benzene rings is 3. The zero-order chi connectivity index (χ0) is 20.1. The van der Waals surface area contributed by atoms with Crippen molar-refractivity contribution in [1.82, 2.24) is 14.8 Å². The molecule has 5 nitrogen and oxygen atoms in total. The molecular weight excluding hydrogens is 380 g/mol. The van der Waals surface area contributed by atoms with Crippen LogP contribution >= 0.6 is 11.8 Å². The van der Waals surface area contributed by atoms with Crippen molar-refractivity contribution >= 4 is 17.7 Å². The number of hydrogen-bond donors (Lipinski definition) is 1. The number of primary amides is 1. The van der Waals surface area contributed by atoms with Crippen molar-refractivity contribution in [2.24, 2.45) is 5.73 Å². The fourth-order valence-electron chi connectivity index (χ4n) is 3.04. The summed E-state index contributed by atoms with van der Waals surface area (Å²) >= 11 is 1.61. The van der Waals surface area contributed by atoms with Crippen molar-refractivity contribution in [2.45, 2.75) is 17.3 Å². The summed E-state index contributed by atoms with van der Waals surface area (Å²) in [4.78, 5) is 11.2. The summed E-state index contributed by atoms with van der Waals surface area (Å²) in [7, 11) is 0. The molecule has 0 radical (unpaired) electrons. The van der Waals surface area contributed by atoms with Gasteiger partial charge in [-0.15, -0.1) is 10.2 Å². The summed E-state index contributed by atoms with van der Waals surface area (Å²) < 4.78 is 2.11. The maximum Gasteiger partial charge on any atom is 0.248 e. The molecule has 0 fully saturated rings. The Kier molecular flexibility index (Phi) is 5.72. The number of amides is 1. The molecule has 3 aromatic carbocycles. The summed E-state index contributed by atoms with van der Waals surface area (Å²) in [6, 6.07) is 27.7. The van der Waals surface area contributed by atoms with Crippen LogP contribution in [0, 0.1) is 0 Å². The van der Waals surface area contributed by atoms with Crippen molar-refractivity contribution in [1.29, 1.82) is 0 Å². The van der Waals surface area contributed by atoms with E-state index in [1.165, 1.54) is 5.56 Å². The Morgan fingerprint density at radius 1 is 0.828 bits per heavy atom. The standard InChI is InChI=1S/C23H20N4OS/c24-22(28)19-13-11-18(12-14-19)16-29-23-26-25-21(15-17-7-3-1-4-8-17)27(23)20-9-5-2-6-10-20/h1-14H,15-16H2,(H2,24,28). The average Bonchev–Trinajstić information content (AvgIpc) is 3.16. The molecule has 4 aromatic rings. The third kappa shape index (κ3) is 4.55. The number of nitrogens with two attached hydrogens (primary N) is 1. The van der Waals surface area contributed by atoms with Gasteiger partial charge in [0.15, 0.2) is 5.16 Å². The molecular formula is C23H20N4OS. The third-order valence-corrected chi connectivity index (χ3v) is 5.53. The zero-order valence-corrected chi connectivity index (χ0v) is 16.5. The highest BCUT2D eigenvalue weighted by atomic mass is 32.2. The number of aromatic nitrogens is 3. The van der Waals surface area contributed by atoms with Crippen LogP contribution in [0.5, 0.6) is 0 Å². The molecule has 144 valence electrons. The van der Waals surface area contributed by atoms with Crippen LogP contribution in [0.25, 0.3) is 5.69 Å². The third-order valence-electron chi connectivity index (χ3n) is 4.53. The number of para-hydroxylation sites is 1. The Morgan fingerprint density at radius 3 is 2.14 bits per heavy atom. The summed E-state index contributed by atoms with van der Waals surface area (Å²) in [6.45, 7) is 0. The molecule has 6 heteroatoms. The Bertz CT molecular complexity index is 1090. The van der Waals surface area contributed by atoms with Crippen LogP contribution in [0.3, 0.4) is 0 Å². The summed E-state index contributed by atoms with van der Waals surface area (Å²) in [5.74, 6) is 1.20. The Labute approximate surface area is 173 Å². The minimum Gasteiger partial charge on any atom is -0.366 e. The van der Waals surface area contributed by atoms with Crippen LogP contribution < -0.4 is 5.73 Å². The minimum absolute atomic E-state index is 0.418. The highest BCUT2D eigenvalue weighted by Crippen LogP contribution is 2.26. The van der Waals surface area contributed by atoms with Crippen LogP contribution in [-0.2, 0) is 12.2 Å². The van der Waals surface area contributed by atoms with Gasteiger partial charge in [-0.05, 0) is 35.4 Å². The molecule has 1 aromatic heterocycles. The van der Waals surface area contributed by atoms with Crippen LogP contribution in [-0.4, -0.2) is 20.7 Å². The van der Waals surface area contributed by atoms with Gasteiger partial charge in [-0.25, -0.2) is 0 Å². The summed E-state index contributed by atoms with van der Waals surface area (Å²) in [5, 5.41) is 9.75. The quantitative estimate of drug-likeness (QED) is 0.471. The lowest BCUT2D eigenvalue weighted by molar-refractivity contribution is 0.100. The van der Waals surface area contributed by atoms with E-state index >= 15 is 0 Å². The molecule has 0 aliphatic carbocycles. The first-order valence-corrected chi connectivity index (χ1v) is 10.2. The molecule has 1 amide bonds. The first kappa shape index (κ1) is 19.0. The molecule has 29 heavy (non-hydrogen) atoms.